The zero-order chi connectivity index (χ0) is 17.1. The van der Waals surface area contributed by atoms with Crippen LogP contribution in [0.15, 0.2) is 59.5 Å². The standard InChI is InChI=1S/C21H22N2OS/c24-21(20-7-2-10-22-20)23-14-15-4-1-5-16(12-15)19-9-8-17(19)13-18-6-3-11-25-18/h1,3-6,8-9,11-12,20,22H,2,7,10,13-14H2,(H,23,24). The van der Waals surface area contributed by atoms with Gasteiger partial charge in [-0.2, -0.15) is 0 Å². The monoisotopic (exact) mass is 350 g/mol. The highest BCUT2D eigenvalue weighted by Crippen LogP contribution is 2.32. The molecule has 1 aromatic heterocycles. The summed E-state index contributed by atoms with van der Waals surface area (Å²) in [4.78, 5) is 13.5. The number of hydrogen-bond acceptors (Lipinski definition) is 3. The number of carbonyl (C=O) groups excluding carboxylic acids is 1. The Morgan fingerprint density at radius 2 is 2.20 bits per heavy atom. The van der Waals surface area contributed by atoms with E-state index < -0.39 is 0 Å². The molecule has 1 aliphatic carbocycles. The number of carbonyl (C=O) groups is 1. The fourth-order valence-corrected chi connectivity index (χ4v) is 4.12. The van der Waals surface area contributed by atoms with Crippen LogP contribution in [0.2, 0.25) is 0 Å². The highest BCUT2D eigenvalue weighted by Gasteiger charge is 2.21. The Labute approximate surface area is 152 Å². The fraction of sp³-hybridized carbons (Fsp3) is 0.286. The molecule has 1 saturated heterocycles. The highest BCUT2D eigenvalue weighted by molar-refractivity contribution is 7.09. The quantitative estimate of drug-likeness (QED) is 0.834. The van der Waals surface area contributed by atoms with Gasteiger partial charge in [-0.05, 0) is 59.2 Å². The normalized spacial score (nSPS) is 19.1. The molecule has 0 bridgehead atoms. The Kier molecular flexibility index (Phi) is 4.81. The molecule has 1 fully saturated rings. The van der Waals surface area contributed by atoms with Crippen LogP contribution in [0.25, 0.3) is 5.57 Å². The van der Waals surface area contributed by atoms with Gasteiger partial charge in [-0.15, -0.1) is 11.3 Å². The SMILES string of the molecule is O=C(NCc1cccc(C2=C(Cc3cccs3)C=C2)c1)C1CCCN1. The lowest BCUT2D eigenvalue weighted by Crippen LogP contribution is -2.40. The lowest BCUT2D eigenvalue weighted by molar-refractivity contribution is -0.122. The molecular weight excluding hydrogens is 328 g/mol. The zero-order valence-electron chi connectivity index (χ0n) is 14.1. The van der Waals surface area contributed by atoms with E-state index in [2.05, 4.69) is 64.6 Å². The van der Waals surface area contributed by atoms with Crippen LogP contribution in [-0.2, 0) is 17.8 Å². The van der Waals surface area contributed by atoms with Gasteiger partial charge in [0.05, 0.1) is 6.04 Å². The topological polar surface area (TPSA) is 41.1 Å². The van der Waals surface area contributed by atoms with Gasteiger partial charge in [0.2, 0.25) is 5.91 Å². The summed E-state index contributed by atoms with van der Waals surface area (Å²) in [6.07, 6.45) is 7.41. The average molecular weight is 350 g/mol. The van der Waals surface area contributed by atoms with E-state index in [0.29, 0.717) is 6.54 Å². The molecule has 1 aromatic carbocycles. The average Bonchev–Trinajstić information content (AvgIpc) is 3.30. The Hall–Kier alpha value is -2.17. The molecule has 2 N–H and O–H groups in total. The van der Waals surface area contributed by atoms with Gasteiger partial charge in [0.1, 0.15) is 0 Å². The summed E-state index contributed by atoms with van der Waals surface area (Å²) in [6.45, 7) is 1.53. The molecule has 128 valence electrons. The molecule has 4 heteroatoms. The van der Waals surface area contributed by atoms with E-state index in [1.54, 1.807) is 11.3 Å². The van der Waals surface area contributed by atoms with E-state index in [0.717, 1.165) is 31.4 Å². The summed E-state index contributed by atoms with van der Waals surface area (Å²) < 4.78 is 0. The van der Waals surface area contributed by atoms with Crippen LogP contribution < -0.4 is 10.6 Å². The van der Waals surface area contributed by atoms with Gasteiger partial charge in [-0.3, -0.25) is 4.79 Å². The first-order valence-corrected chi connectivity index (χ1v) is 9.71. The molecule has 1 unspecified atom stereocenters. The number of nitrogens with one attached hydrogen (secondary N) is 2. The maximum Gasteiger partial charge on any atom is 0.237 e. The van der Waals surface area contributed by atoms with Crippen molar-refractivity contribution in [1.29, 1.82) is 0 Å². The smallest absolute Gasteiger partial charge is 0.237 e. The largest absolute Gasteiger partial charge is 0.351 e. The first kappa shape index (κ1) is 16.3. The maximum atomic E-state index is 12.1. The molecule has 2 aromatic rings. The lowest BCUT2D eigenvalue weighted by atomic mass is 9.88. The van der Waals surface area contributed by atoms with Crippen LogP contribution >= 0.6 is 11.3 Å². The minimum absolute atomic E-state index is 0.0159. The minimum atomic E-state index is -0.0159. The Balaban J connectivity index is 1.42. The van der Waals surface area contributed by atoms with Crippen molar-refractivity contribution in [2.45, 2.75) is 31.8 Å². The second-order valence-corrected chi connectivity index (χ2v) is 7.63. The third-order valence-corrected chi connectivity index (χ3v) is 5.70. The fourth-order valence-electron chi connectivity index (χ4n) is 3.39. The summed E-state index contributed by atoms with van der Waals surface area (Å²) in [7, 11) is 0. The molecule has 1 atom stereocenters. The predicted octanol–water partition coefficient (Wildman–Crippen LogP) is 3.68. The first-order chi connectivity index (χ1) is 12.3. The van der Waals surface area contributed by atoms with Crippen LogP contribution in [0.3, 0.4) is 0 Å². The van der Waals surface area contributed by atoms with E-state index in [4.69, 9.17) is 0 Å². The summed E-state index contributed by atoms with van der Waals surface area (Å²) in [5.41, 5.74) is 5.09. The van der Waals surface area contributed by atoms with E-state index >= 15 is 0 Å². The molecule has 1 amide bonds. The van der Waals surface area contributed by atoms with Gasteiger partial charge in [-0.1, -0.05) is 36.4 Å². The number of amides is 1. The number of hydrogen-bond donors (Lipinski definition) is 2. The van der Waals surface area contributed by atoms with Crippen LogP contribution in [0, 0.1) is 0 Å². The molecule has 0 radical (unpaired) electrons. The first-order valence-electron chi connectivity index (χ1n) is 8.83. The van der Waals surface area contributed by atoms with E-state index in [1.807, 2.05) is 0 Å². The summed E-state index contributed by atoms with van der Waals surface area (Å²) in [6, 6.07) is 12.8. The van der Waals surface area contributed by atoms with Crippen molar-refractivity contribution in [2.75, 3.05) is 6.54 Å². The Morgan fingerprint density at radius 1 is 1.24 bits per heavy atom. The Bertz CT molecular complexity index is 814. The molecule has 0 spiro atoms. The van der Waals surface area contributed by atoms with Crippen molar-refractivity contribution < 1.29 is 4.79 Å². The zero-order valence-corrected chi connectivity index (χ0v) is 14.9. The van der Waals surface area contributed by atoms with Crippen LogP contribution in [0.4, 0.5) is 0 Å². The van der Waals surface area contributed by atoms with Gasteiger partial charge < -0.3 is 10.6 Å². The van der Waals surface area contributed by atoms with Gasteiger partial charge >= 0.3 is 0 Å². The highest BCUT2D eigenvalue weighted by atomic mass is 32.1. The van der Waals surface area contributed by atoms with Crippen LogP contribution in [-0.4, -0.2) is 18.5 Å². The van der Waals surface area contributed by atoms with Gasteiger partial charge in [0.25, 0.3) is 0 Å². The summed E-state index contributed by atoms with van der Waals surface area (Å²) >= 11 is 1.80. The molecule has 2 aliphatic rings. The van der Waals surface area contributed by atoms with Crippen LogP contribution in [0.1, 0.15) is 28.8 Å². The molecule has 4 rings (SSSR count). The minimum Gasteiger partial charge on any atom is -0.351 e. The van der Waals surface area contributed by atoms with Crippen molar-refractivity contribution in [1.82, 2.24) is 10.6 Å². The molecule has 0 saturated carbocycles. The maximum absolute atomic E-state index is 12.1. The lowest BCUT2D eigenvalue weighted by Gasteiger charge is -2.18. The van der Waals surface area contributed by atoms with Gasteiger partial charge in [0, 0.05) is 17.8 Å². The van der Waals surface area contributed by atoms with Gasteiger partial charge in [0.15, 0.2) is 0 Å². The Morgan fingerprint density at radius 3 is 2.92 bits per heavy atom. The van der Waals surface area contributed by atoms with Crippen molar-refractivity contribution in [2.24, 2.45) is 0 Å². The molecule has 1 aliphatic heterocycles. The number of thiophene rings is 1. The third kappa shape index (κ3) is 3.75. The number of allylic oxidation sites excluding steroid dienone is 4. The summed E-state index contributed by atoms with van der Waals surface area (Å²) in [5.74, 6) is 0.115. The molecule has 25 heavy (non-hydrogen) atoms. The second kappa shape index (κ2) is 7.38. The van der Waals surface area contributed by atoms with Crippen molar-refractivity contribution in [3.63, 3.8) is 0 Å². The van der Waals surface area contributed by atoms with E-state index in [1.165, 1.54) is 21.6 Å². The number of rotatable bonds is 6. The van der Waals surface area contributed by atoms with E-state index in [9.17, 15) is 4.79 Å². The number of benzene rings is 1. The van der Waals surface area contributed by atoms with Crippen molar-refractivity contribution in [3.05, 3.63) is 75.5 Å². The van der Waals surface area contributed by atoms with Gasteiger partial charge in [-0.25, -0.2) is 0 Å². The van der Waals surface area contributed by atoms with E-state index in [-0.39, 0.29) is 11.9 Å². The van der Waals surface area contributed by atoms with Crippen LogP contribution in [0.5, 0.6) is 0 Å². The molecule has 3 nitrogen and oxygen atoms in total. The van der Waals surface area contributed by atoms with Crippen molar-refractivity contribution >= 4 is 22.8 Å². The summed E-state index contributed by atoms with van der Waals surface area (Å²) in [5, 5.41) is 8.42. The third-order valence-electron chi connectivity index (χ3n) is 4.82. The molecular formula is C21H22N2OS. The predicted molar refractivity (Wildman–Crippen MR) is 103 cm³/mol. The molecule has 2 heterocycles. The second-order valence-electron chi connectivity index (χ2n) is 6.60. The van der Waals surface area contributed by atoms with Crippen molar-refractivity contribution in [3.8, 4) is 0 Å².